The number of nitrogens with two attached hydrogens (primary N) is 1. The minimum Gasteiger partial charge on any atom is -0.329 e. The molecule has 6 heteroatoms. The Hall–Kier alpha value is -1.01. The molecule has 0 radical (unpaired) electrons. The fourth-order valence-electron chi connectivity index (χ4n) is 1.86. The third-order valence-electron chi connectivity index (χ3n) is 3.47. The van der Waals surface area contributed by atoms with E-state index in [2.05, 4.69) is 21.2 Å². The summed E-state index contributed by atoms with van der Waals surface area (Å²) in [5.74, 6) is -1.89. The van der Waals surface area contributed by atoms with Crippen LogP contribution >= 0.6 is 15.9 Å². The van der Waals surface area contributed by atoms with Gasteiger partial charge in [-0.25, -0.2) is 8.78 Å². The van der Waals surface area contributed by atoms with E-state index in [1.165, 1.54) is 0 Å². The van der Waals surface area contributed by atoms with Gasteiger partial charge in [-0.2, -0.15) is 0 Å². The van der Waals surface area contributed by atoms with Crippen molar-refractivity contribution in [2.24, 2.45) is 11.1 Å². The van der Waals surface area contributed by atoms with Crippen molar-refractivity contribution >= 4 is 27.5 Å². The molecule has 0 aliphatic rings. The van der Waals surface area contributed by atoms with Gasteiger partial charge in [-0.1, -0.05) is 13.8 Å². The summed E-state index contributed by atoms with van der Waals surface area (Å²) in [5.41, 5.74) is 4.86. The number of rotatable bonds is 5. The molecule has 0 saturated carbocycles. The van der Waals surface area contributed by atoms with E-state index in [4.69, 9.17) is 5.73 Å². The molecule has 3 nitrogen and oxygen atoms in total. The lowest BCUT2D eigenvalue weighted by Gasteiger charge is -2.28. The SMILES string of the molecule is CCC(CC)(CN)C(=O)Nc1c(F)cc(F)cc1Br. The third-order valence-corrected chi connectivity index (χ3v) is 4.10. The Bertz CT molecular complexity index is 444. The van der Waals surface area contributed by atoms with E-state index in [1.807, 2.05) is 13.8 Å². The zero-order valence-electron chi connectivity index (χ0n) is 10.9. The maximum absolute atomic E-state index is 13.7. The number of halogens is 3. The normalized spacial score (nSPS) is 11.5. The minimum absolute atomic E-state index is 0.0638. The molecular weight excluding hydrogens is 318 g/mol. The summed E-state index contributed by atoms with van der Waals surface area (Å²) in [6.45, 7) is 3.88. The van der Waals surface area contributed by atoms with E-state index in [0.29, 0.717) is 12.8 Å². The average Bonchev–Trinajstić information content (AvgIpc) is 2.36. The molecule has 0 atom stereocenters. The van der Waals surface area contributed by atoms with E-state index >= 15 is 0 Å². The molecule has 0 spiro atoms. The summed E-state index contributed by atoms with van der Waals surface area (Å²) in [6.07, 6.45) is 1.10. The van der Waals surface area contributed by atoms with Crippen molar-refractivity contribution in [3.8, 4) is 0 Å². The third kappa shape index (κ3) is 3.30. The molecule has 3 N–H and O–H groups in total. The first-order valence-corrected chi connectivity index (χ1v) is 6.85. The molecule has 1 rings (SSSR count). The smallest absolute Gasteiger partial charge is 0.231 e. The summed E-state index contributed by atoms with van der Waals surface area (Å²) >= 11 is 3.03. The second kappa shape index (κ2) is 6.43. The van der Waals surface area contributed by atoms with Gasteiger partial charge in [0, 0.05) is 17.1 Å². The topological polar surface area (TPSA) is 55.1 Å². The first-order chi connectivity index (χ1) is 8.90. The largest absolute Gasteiger partial charge is 0.329 e. The van der Waals surface area contributed by atoms with Crippen LogP contribution in [0, 0.1) is 17.0 Å². The second-order valence-corrected chi connectivity index (χ2v) is 5.24. The number of benzene rings is 1. The van der Waals surface area contributed by atoms with Gasteiger partial charge in [-0.05, 0) is 34.8 Å². The van der Waals surface area contributed by atoms with Gasteiger partial charge in [0.2, 0.25) is 5.91 Å². The van der Waals surface area contributed by atoms with E-state index < -0.39 is 17.0 Å². The molecule has 1 aromatic carbocycles. The Morgan fingerprint density at radius 2 is 1.95 bits per heavy atom. The predicted molar refractivity (Wildman–Crippen MR) is 74.8 cm³/mol. The van der Waals surface area contributed by atoms with Gasteiger partial charge < -0.3 is 11.1 Å². The summed E-state index contributed by atoms with van der Waals surface area (Å²) < 4.78 is 26.8. The van der Waals surface area contributed by atoms with Crippen molar-refractivity contribution in [1.82, 2.24) is 0 Å². The van der Waals surface area contributed by atoms with Crippen molar-refractivity contribution in [3.63, 3.8) is 0 Å². The van der Waals surface area contributed by atoms with E-state index in [9.17, 15) is 13.6 Å². The van der Waals surface area contributed by atoms with Crippen LogP contribution in [0.1, 0.15) is 26.7 Å². The van der Waals surface area contributed by atoms with Gasteiger partial charge in [0.25, 0.3) is 0 Å². The first kappa shape index (κ1) is 16.0. The van der Waals surface area contributed by atoms with Crippen LogP contribution in [-0.2, 0) is 4.79 Å². The van der Waals surface area contributed by atoms with Crippen LogP contribution < -0.4 is 11.1 Å². The van der Waals surface area contributed by atoms with Crippen LogP contribution in [0.2, 0.25) is 0 Å². The Morgan fingerprint density at radius 1 is 1.37 bits per heavy atom. The fourth-order valence-corrected chi connectivity index (χ4v) is 2.37. The minimum atomic E-state index is -0.821. The van der Waals surface area contributed by atoms with Crippen LogP contribution in [0.3, 0.4) is 0 Å². The molecule has 0 fully saturated rings. The van der Waals surface area contributed by atoms with Crippen molar-refractivity contribution in [2.75, 3.05) is 11.9 Å². The summed E-state index contributed by atoms with van der Waals surface area (Å²) in [6, 6.07) is 1.82. The van der Waals surface area contributed by atoms with Crippen molar-refractivity contribution in [2.45, 2.75) is 26.7 Å². The van der Waals surface area contributed by atoms with Crippen LogP contribution in [0.25, 0.3) is 0 Å². The molecule has 19 heavy (non-hydrogen) atoms. The zero-order valence-corrected chi connectivity index (χ0v) is 12.5. The van der Waals surface area contributed by atoms with E-state index in [1.54, 1.807) is 0 Å². The molecule has 0 bridgehead atoms. The van der Waals surface area contributed by atoms with Crippen LogP contribution in [0.15, 0.2) is 16.6 Å². The van der Waals surface area contributed by atoms with E-state index in [0.717, 1.165) is 12.1 Å². The highest BCUT2D eigenvalue weighted by Crippen LogP contribution is 2.31. The average molecular weight is 335 g/mol. The molecule has 0 aliphatic heterocycles. The highest BCUT2D eigenvalue weighted by atomic mass is 79.9. The predicted octanol–water partition coefficient (Wildman–Crippen LogP) is 3.43. The molecule has 0 unspecified atom stereocenters. The molecule has 0 aromatic heterocycles. The molecule has 0 saturated heterocycles. The standard InChI is InChI=1S/C13H17BrF2N2O/c1-3-13(4-2,7-17)12(19)18-11-9(14)5-8(15)6-10(11)16/h5-6H,3-4,7,17H2,1-2H3,(H,18,19). The van der Waals surface area contributed by atoms with Crippen molar-refractivity contribution < 1.29 is 13.6 Å². The Kier molecular flexibility index (Phi) is 5.43. The highest BCUT2D eigenvalue weighted by molar-refractivity contribution is 9.10. The number of hydrogen-bond donors (Lipinski definition) is 2. The van der Waals surface area contributed by atoms with Gasteiger partial charge in [0.05, 0.1) is 11.1 Å². The quantitative estimate of drug-likeness (QED) is 0.866. The number of hydrogen-bond acceptors (Lipinski definition) is 2. The fraction of sp³-hybridized carbons (Fsp3) is 0.462. The van der Waals surface area contributed by atoms with Crippen LogP contribution in [-0.4, -0.2) is 12.5 Å². The maximum Gasteiger partial charge on any atom is 0.231 e. The van der Waals surface area contributed by atoms with Gasteiger partial charge in [0.1, 0.15) is 5.82 Å². The van der Waals surface area contributed by atoms with Crippen LogP contribution in [0.5, 0.6) is 0 Å². The molecule has 106 valence electrons. The number of nitrogens with one attached hydrogen (secondary N) is 1. The van der Waals surface area contributed by atoms with Gasteiger partial charge in [-0.3, -0.25) is 4.79 Å². The molecule has 1 amide bonds. The number of carbonyl (C=O) groups excluding carboxylic acids is 1. The summed E-state index contributed by atoms with van der Waals surface area (Å²) in [4.78, 5) is 12.2. The lowest BCUT2D eigenvalue weighted by atomic mass is 9.81. The molecular formula is C13H17BrF2N2O. The maximum atomic E-state index is 13.7. The Morgan fingerprint density at radius 3 is 2.37 bits per heavy atom. The first-order valence-electron chi connectivity index (χ1n) is 6.06. The lowest BCUT2D eigenvalue weighted by molar-refractivity contribution is -0.125. The number of anilines is 1. The van der Waals surface area contributed by atoms with Gasteiger partial charge in [-0.15, -0.1) is 0 Å². The molecule has 1 aromatic rings. The van der Waals surface area contributed by atoms with Crippen molar-refractivity contribution in [3.05, 3.63) is 28.2 Å². The molecule has 0 heterocycles. The highest BCUT2D eigenvalue weighted by Gasteiger charge is 2.34. The lowest BCUT2D eigenvalue weighted by Crippen LogP contribution is -2.41. The Balaban J connectivity index is 3.06. The second-order valence-electron chi connectivity index (χ2n) is 4.39. The number of amides is 1. The van der Waals surface area contributed by atoms with Crippen molar-refractivity contribution in [1.29, 1.82) is 0 Å². The van der Waals surface area contributed by atoms with Gasteiger partial charge >= 0.3 is 0 Å². The molecule has 0 aliphatic carbocycles. The van der Waals surface area contributed by atoms with Crippen LogP contribution in [0.4, 0.5) is 14.5 Å². The summed E-state index contributed by atoms with van der Waals surface area (Å²) in [7, 11) is 0. The van der Waals surface area contributed by atoms with E-state index in [-0.39, 0.29) is 22.6 Å². The zero-order chi connectivity index (χ0) is 14.6. The Labute approximate surface area is 119 Å². The monoisotopic (exact) mass is 334 g/mol. The number of carbonyl (C=O) groups is 1. The van der Waals surface area contributed by atoms with Gasteiger partial charge in [0.15, 0.2) is 5.82 Å². The summed E-state index contributed by atoms with van der Waals surface area (Å²) in [5, 5.41) is 2.49.